The van der Waals surface area contributed by atoms with Gasteiger partial charge in [-0.2, -0.15) is 0 Å². The number of anilines is 1. The van der Waals surface area contributed by atoms with Gasteiger partial charge in [0.05, 0.1) is 7.11 Å². The summed E-state index contributed by atoms with van der Waals surface area (Å²) in [6.07, 6.45) is 2.87. The fourth-order valence-electron chi connectivity index (χ4n) is 4.95. The number of β-lactam (4-membered cyclic amide) rings is 1. The molecule has 2 heterocycles. The monoisotopic (exact) mass is 427 g/mol. The molecule has 1 aliphatic rings. The van der Waals surface area contributed by atoms with Crippen molar-refractivity contribution in [3.05, 3.63) is 48.5 Å². The lowest BCUT2D eigenvalue weighted by molar-refractivity contribution is -0.136. The van der Waals surface area contributed by atoms with E-state index in [1.165, 1.54) is 0 Å². The number of aromatic nitrogens is 2. The Bertz CT molecular complexity index is 834. The van der Waals surface area contributed by atoms with Crippen LogP contribution >= 0.6 is 0 Å². The molecule has 0 saturated carbocycles. The van der Waals surface area contributed by atoms with Gasteiger partial charge in [0.1, 0.15) is 11.8 Å². The van der Waals surface area contributed by atoms with Gasteiger partial charge in [0.2, 0.25) is 8.32 Å². The Morgan fingerprint density at radius 1 is 0.933 bits per heavy atom. The Labute approximate surface area is 180 Å². The Hall–Kier alpha value is -2.25. The lowest BCUT2D eigenvalue weighted by Crippen LogP contribution is -2.65. The zero-order chi connectivity index (χ0) is 22.1. The van der Waals surface area contributed by atoms with Crippen LogP contribution in [-0.4, -0.2) is 37.4 Å². The predicted molar refractivity (Wildman–Crippen MR) is 121 cm³/mol. The normalized spacial score (nSPS) is 19.5. The van der Waals surface area contributed by atoms with Crippen LogP contribution in [-0.2, 0) is 9.22 Å². The summed E-state index contributed by atoms with van der Waals surface area (Å²) in [5.41, 5.74) is 1.96. The summed E-state index contributed by atoms with van der Waals surface area (Å²) in [4.78, 5) is 24.1. The number of hydrogen-bond acceptors (Lipinski definition) is 5. The minimum Gasteiger partial charge on any atom is -0.497 e. The van der Waals surface area contributed by atoms with Crippen LogP contribution in [0.15, 0.2) is 42.7 Å². The first kappa shape index (κ1) is 22.4. The highest BCUT2D eigenvalue weighted by Crippen LogP contribution is 2.48. The molecule has 0 N–H and O–H groups in total. The first-order valence-corrected chi connectivity index (χ1v) is 12.8. The maximum absolute atomic E-state index is 13.4. The molecule has 30 heavy (non-hydrogen) atoms. The molecular weight excluding hydrogens is 394 g/mol. The van der Waals surface area contributed by atoms with Crippen LogP contribution < -0.4 is 9.64 Å². The number of rotatable bonds is 8. The molecule has 1 aromatic carbocycles. The molecule has 0 spiro atoms. The van der Waals surface area contributed by atoms with Gasteiger partial charge in [-0.05, 0) is 47.0 Å². The van der Waals surface area contributed by atoms with Crippen molar-refractivity contribution in [1.82, 2.24) is 9.97 Å². The molecule has 162 valence electrons. The summed E-state index contributed by atoms with van der Waals surface area (Å²) in [5, 5.41) is 0. The second-order valence-corrected chi connectivity index (χ2v) is 14.2. The van der Waals surface area contributed by atoms with Gasteiger partial charge in [-0.1, -0.05) is 41.5 Å². The van der Waals surface area contributed by atoms with E-state index in [1.54, 1.807) is 30.5 Å². The van der Waals surface area contributed by atoms with Crippen molar-refractivity contribution in [2.75, 3.05) is 12.0 Å². The van der Waals surface area contributed by atoms with E-state index in [9.17, 15) is 4.79 Å². The molecule has 1 aromatic heterocycles. The van der Waals surface area contributed by atoms with Crippen LogP contribution in [0.25, 0.3) is 0 Å². The van der Waals surface area contributed by atoms with E-state index in [4.69, 9.17) is 9.16 Å². The van der Waals surface area contributed by atoms with E-state index in [0.717, 1.165) is 11.4 Å². The smallest absolute Gasteiger partial charge is 0.258 e. The zero-order valence-electron chi connectivity index (χ0n) is 19.0. The summed E-state index contributed by atoms with van der Waals surface area (Å²) in [7, 11) is -0.618. The fourth-order valence-corrected chi connectivity index (χ4v) is 10.4. The lowest BCUT2D eigenvalue weighted by atomic mass is 9.96. The lowest BCUT2D eigenvalue weighted by Gasteiger charge is -2.52. The van der Waals surface area contributed by atoms with Gasteiger partial charge in [-0.25, -0.2) is 9.97 Å². The van der Waals surface area contributed by atoms with Gasteiger partial charge in [-0.15, -0.1) is 0 Å². The number of ether oxygens (including phenoxy) is 1. The zero-order valence-corrected chi connectivity index (χ0v) is 20.0. The Kier molecular flexibility index (Phi) is 6.62. The first-order chi connectivity index (χ1) is 14.2. The highest BCUT2D eigenvalue weighted by atomic mass is 28.4. The molecular formula is C23H33N3O3Si. The summed E-state index contributed by atoms with van der Waals surface area (Å²) >= 11 is 0. The molecule has 2 atom stereocenters. The number of methoxy groups -OCH3 is 1. The average molecular weight is 428 g/mol. The molecule has 1 aliphatic heterocycles. The number of carbonyl (C=O) groups is 1. The quantitative estimate of drug-likeness (QED) is 0.431. The molecule has 2 unspecified atom stereocenters. The van der Waals surface area contributed by atoms with Gasteiger partial charge >= 0.3 is 0 Å². The summed E-state index contributed by atoms with van der Waals surface area (Å²) in [6, 6.07) is 8.94. The minimum atomic E-state index is -2.25. The van der Waals surface area contributed by atoms with E-state index in [0.29, 0.717) is 22.4 Å². The molecule has 1 saturated heterocycles. The topological polar surface area (TPSA) is 64.5 Å². The number of carbonyl (C=O) groups excluding carboxylic acids is 1. The molecule has 1 amide bonds. The number of benzene rings is 1. The molecule has 0 radical (unpaired) electrons. The van der Waals surface area contributed by atoms with Crippen LogP contribution in [0.5, 0.6) is 5.75 Å². The van der Waals surface area contributed by atoms with Crippen molar-refractivity contribution in [1.29, 1.82) is 0 Å². The molecule has 6 nitrogen and oxygen atoms in total. The van der Waals surface area contributed by atoms with Crippen LogP contribution in [0.3, 0.4) is 0 Å². The minimum absolute atomic E-state index is 0.0311. The van der Waals surface area contributed by atoms with Gasteiger partial charge in [0.15, 0.2) is 11.9 Å². The molecule has 3 rings (SSSR count). The summed E-state index contributed by atoms with van der Waals surface area (Å²) < 4.78 is 12.1. The highest BCUT2D eigenvalue weighted by Gasteiger charge is 2.57. The van der Waals surface area contributed by atoms with Crippen molar-refractivity contribution in [3.63, 3.8) is 0 Å². The van der Waals surface area contributed by atoms with Gasteiger partial charge in [0.25, 0.3) is 5.91 Å². The third-order valence-corrected chi connectivity index (χ3v) is 12.4. The molecule has 2 aromatic rings. The van der Waals surface area contributed by atoms with Crippen LogP contribution in [0.4, 0.5) is 5.69 Å². The SMILES string of the molecule is COc1ccc(N2C(=O)C(O[Si](C(C)C)(C(C)C)C(C)C)C2c2ncccn2)cc1. The summed E-state index contributed by atoms with van der Waals surface area (Å²) in [6.45, 7) is 13.4. The van der Waals surface area contributed by atoms with Crippen LogP contribution in [0, 0.1) is 0 Å². The van der Waals surface area contributed by atoms with Crippen molar-refractivity contribution in [2.24, 2.45) is 0 Å². The molecule has 0 bridgehead atoms. The van der Waals surface area contributed by atoms with Crippen LogP contribution in [0.1, 0.15) is 53.4 Å². The Morgan fingerprint density at radius 2 is 1.47 bits per heavy atom. The standard InChI is InChI=1S/C23H33N3O3Si/c1-15(2)30(16(3)4,17(5)6)29-21-20(22-24-13-8-14-25-22)26(23(21)27)18-9-11-19(28-7)12-10-18/h8-17,20-21H,1-7H3. The molecule has 0 aliphatic carbocycles. The first-order valence-electron chi connectivity index (χ1n) is 10.7. The predicted octanol–water partition coefficient (Wildman–Crippen LogP) is 5.13. The van der Waals surface area contributed by atoms with Crippen molar-refractivity contribution in [3.8, 4) is 5.75 Å². The maximum atomic E-state index is 13.4. The average Bonchev–Trinajstić information content (AvgIpc) is 2.72. The molecule has 1 fully saturated rings. The summed E-state index contributed by atoms with van der Waals surface area (Å²) in [5.74, 6) is 1.33. The van der Waals surface area contributed by atoms with E-state index < -0.39 is 14.4 Å². The second kappa shape index (κ2) is 8.86. The second-order valence-electron chi connectivity index (χ2n) is 8.81. The number of hydrogen-bond donors (Lipinski definition) is 0. The van der Waals surface area contributed by atoms with Crippen molar-refractivity contribution >= 4 is 19.9 Å². The Balaban J connectivity index is 2.00. The van der Waals surface area contributed by atoms with Gasteiger partial charge < -0.3 is 9.16 Å². The Morgan fingerprint density at radius 3 is 1.93 bits per heavy atom. The van der Waals surface area contributed by atoms with Gasteiger partial charge in [0, 0.05) is 18.1 Å². The fraction of sp³-hybridized carbons (Fsp3) is 0.522. The van der Waals surface area contributed by atoms with E-state index in [2.05, 4.69) is 51.5 Å². The number of nitrogens with zero attached hydrogens (tertiary/aromatic N) is 3. The van der Waals surface area contributed by atoms with E-state index >= 15 is 0 Å². The van der Waals surface area contributed by atoms with E-state index in [-0.39, 0.29) is 11.9 Å². The third kappa shape index (κ3) is 3.76. The third-order valence-electron chi connectivity index (χ3n) is 6.28. The van der Waals surface area contributed by atoms with Crippen LogP contribution in [0.2, 0.25) is 16.6 Å². The van der Waals surface area contributed by atoms with E-state index in [1.807, 2.05) is 24.3 Å². The highest BCUT2D eigenvalue weighted by molar-refractivity contribution is 6.77. The van der Waals surface area contributed by atoms with Gasteiger partial charge in [-0.3, -0.25) is 9.69 Å². The molecule has 7 heteroatoms. The number of amides is 1. The van der Waals surface area contributed by atoms with Crippen molar-refractivity contribution in [2.45, 2.75) is 70.3 Å². The van der Waals surface area contributed by atoms with Crippen molar-refractivity contribution < 1.29 is 14.0 Å². The largest absolute Gasteiger partial charge is 0.497 e. The maximum Gasteiger partial charge on any atom is 0.258 e.